The van der Waals surface area contributed by atoms with E-state index in [1.807, 2.05) is 60.7 Å². The highest BCUT2D eigenvalue weighted by molar-refractivity contribution is 6.04. The molecule has 0 atom stereocenters. The van der Waals surface area contributed by atoms with E-state index < -0.39 is 17.7 Å². The molecule has 0 bridgehead atoms. The molecule has 5 aromatic rings. The van der Waals surface area contributed by atoms with Crippen LogP contribution in [0.3, 0.4) is 0 Å². The van der Waals surface area contributed by atoms with Gasteiger partial charge in [0, 0.05) is 23.0 Å². The van der Waals surface area contributed by atoms with Gasteiger partial charge in [-0.25, -0.2) is 4.68 Å². The van der Waals surface area contributed by atoms with Crippen molar-refractivity contribution in [2.45, 2.75) is 0 Å². The van der Waals surface area contributed by atoms with Crippen LogP contribution in [0.15, 0.2) is 114 Å². The van der Waals surface area contributed by atoms with Gasteiger partial charge in [-0.15, -0.1) is 0 Å². The minimum absolute atomic E-state index is 0.146. The average Bonchev–Trinajstić information content (AvgIpc) is 3.64. The van der Waals surface area contributed by atoms with E-state index in [-0.39, 0.29) is 16.9 Å². The van der Waals surface area contributed by atoms with Gasteiger partial charge in [0.2, 0.25) is 0 Å². The molecule has 9 heteroatoms. The van der Waals surface area contributed by atoms with Crippen LogP contribution < -0.4 is 16.2 Å². The van der Waals surface area contributed by atoms with E-state index in [0.29, 0.717) is 11.4 Å². The molecule has 0 saturated carbocycles. The molecule has 0 radical (unpaired) electrons. The number of amides is 3. The van der Waals surface area contributed by atoms with E-state index in [4.69, 9.17) is 4.42 Å². The van der Waals surface area contributed by atoms with E-state index in [9.17, 15) is 14.4 Å². The molecule has 0 spiro atoms. The zero-order valence-electron chi connectivity index (χ0n) is 19.4. The number of carbonyl (C=O) groups is 3. The van der Waals surface area contributed by atoms with Crippen LogP contribution in [-0.2, 0) is 0 Å². The highest BCUT2D eigenvalue weighted by Crippen LogP contribution is 2.23. The lowest BCUT2D eigenvalue weighted by molar-refractivity contribution is 0.0847. The predicted molar refractivity (Wildman–Crippen MR) is 137 cm³/mol. The van der Waals surface area contributed by atoms with Gasteiger partial charge in [-0.1, -0.05) is 54.6 Å². The minimum Gasteiger partial charge on any atom is -0.459 e. The Morgan fingerprint density at radius 2 is 1.46 bits per heavy atom. The van der Waals surface area contributed by atoms with Gasteiger partial charge < -0.3 is 9.73 Å². The molecule has 0 saturated heterocycles. The lowest BCUT2D eigenvalue weighted by Crippen LogP contribution is -2.41. The van der Waals surface area contributed by atoms with Crippen molar-refractivity contribution in [3.05, 3.63) is 126 Å². The highest BCUT2D eigenvalue weighted by atomic mass is 16.3. The van der Waals surface area contributed by atoms with E-state index in [0.717, 1.165) is 11.3 Å². The Morgan fingerprint density at radius 1 is 0.730 bits per heavy atom. The molecule has 3 N–H and O–H groups in total. The summed E-state index contributed by atoms with van der Waals surface area (Å²) in [5.41, 5.74) is 7.83. The lowest BCUT2D eigenvalue weighted by atomic mass is 10.1. The number of nitrogens with zero attached hydrogens (tertiary/aromatic N) is 2. The average molecular weight is 492 g/mol. The van der Waals surface area contributed by atoms with Crippen molar-refractivity contribution in [1.29, 1.82) is 0 Å². The number of nitrogens with one attached hydrogen (secondary N) is 3. The van der Waals surface area contributed by atoms with Gasteiger partial charge in [-0.3, -0.25) is 25.2 Å². The third-order valence-electron chi connectivity index (χ3n) is 5.44. The van der Waals surface area contributed by atoms with Gasteiger partial charge in [0.1, 0.15) is 5.69 Å². The molecular weight excluding hydrogens is 470 g/mol. The van der Waals surface area contributed by atoms with Crippen LogP contribution in [0.2, 0.25) is 0 Å². The third-order valence-corrected chi connectivity index (χ3v) is 5.44. The van der Waals surface area contributed by atoms with Crippen LogP contribution in [0.4, 0.5) is 5.69 Å². The molecule has 0 aliphatic carbocycles. The number of aromatic nitrogens is 2. The smallest absolute Gasteiger partial charge is 0.291 e. The zero-order valence-corrected chi connectivity index (χ0v) is 19.4. The van der Waals surface area contributed by atoms with Gasteiger partial charge >= 0.3 is 0 Å². The Labute approximate surface area is 211 Å². The summed E-state index contributed by atoms with van der Waals surface area (Å²) >= 11 is 0. The maximum atomic E-state index is 13.1. The molecule has 182 valence electrons. The third kappa shape index (κ3) is 5.30. The number of carbonyl (C=O) groups excluding carboxylic acids is 3. The monoisotopic (exact) mass is 491 g/mol. The van der Waals surface area contributed by atoms with Crippen LogP contribution in [0.5, 0.6) is 0 Å². The first-order valence-corrected chi connectivity index (χ1v) is 11.3. The van der Waals surface area contributed by atoms with Crippen molar-refractivity contribution in [1.82, 2.24) is 20.6 Å². The summed E-state index contributed by atoms with van der Waals surface area (Å²) in [6, 6.07) is 28.2. The maximum Gasteiger partial charge on any atom is 0.291 e. The summed E-state index contributed by atoms with van der Waals surface area (Å²) in [6.45, 7) is 0. The Kier molecular flexibility index (Phi) is 6.58. The predicted octanol–water partition coefficient (Wildman–Crippen LogP) is 4.46. The molecule has 3 aromatic carbocycles. The van der Waals surface area contributed by atoms with E-state index in [2.05, 4.69) is 21.3 Å². The fraction of sp³-hybridized carbons (Fsp3) is 0. The molecule has 37 heavy (non-hydrogen) atoms. The Hall–Kier alpha value is -5.44. The summed E-state index contributed by atoms with van der Waals surface area (Å²) < 4.78 is 6.69. The number of hydrazine groups is 1. The van der Waals surface area contributed by atoms with Gasteiger partial charge in [0.05, 0.1) is 17.5 Å². The van der Waals surface area contributed by atoms with Crippen LogP contribution in [-0.4, -0.2) is 27.5 Å². The molecule has 0 aliphatic heterocycles. The van der Waals surface area contributed by atoms with Crippen LogP contribution in [0, 0.1) is 0 Å². The Balaban J connectivity index is 1.32. The van der Waals surface area contributed by atoms with Gasteiger partial charge in [0.15, 0.2) is 5.76 Å². The summed E-state index contributed by atoms with van der Waals surface area (Å²) in [6.07, 6.45) is 3.01. The highest BCUT2D eigenvalue weighted by Gasteiger charge is 2.19. The first-order valence-electron chi connectivity index (χ1n) is 11.3. The molecule has 2 aromatic heterocycles. The number of hydrogen-bond donors (Lipinski definition) is 3. The molecule has 0 fully saturated rings. The van der Waals surface area contributed by atoms with Crippen molar-refractivity contribution in [3.63, 3.8) is 0 Å². The second-order valence-electron chi connectivity index (χ2n) is 7.96. The van der Waals surface area contributed by atoms with Crippen molar-refractivity contribution < 1.29 is 18.8 Å². The number of anilines is 1. The molecule has 3 amide bonds. The molecular formula is C28H21N5O4. The summed E-state index contributed by atoms with van der Waals surface area (Å²) in [5.74, 6) is -1.39. The first kappa shape index (κ1) is 23.3. The molecule has 9 nitrogen and oxygen atoms in total. The molecule has 0 aliphatic rings. The van der Waals surface area contributed by atoms with Crippen LogP contribution >= 0.6 is 0 Å². The number of benzene rings is 3. The number of furan rings is 1. The van der Waals surface area contributed by atoms with Gasteiger partial charge in [-0.05, 0) is 42.5 Å². The molecule has 5 rings (SSSR count). The van der Waals surface area contributed by atoms with Crippen molar-refractivity contribution >= 4 is 23.4 Å². The normalized spacial score (nSPS) is 10.5. The fourth-order valence-corrected chi connectivity index (χ4v) is 3.65. The van der Waals surface area contributed by atoms with Gasteiger partial charge in [0.25, 0.3) is 17.7 Å². The molecule has 2 heterocycles. The molecule has 0 unspecified atom stereocenters. The second-order valence-corrected chi connectivity index (χ2v) is 7.96. The lowest BCUT2D eigenvalue weighted by Gasteiger charge is -2.09. The number of rotatable bonds is 6. The summed E-state index contributed by atoms with van der Waals surface area (Å²) in [5, 5.41) is 7.28. The standard InChI is InChI=1S/C28H21N5O4/c34-26(20-11-7-12-21(17-20)29-28(36)24-15-8-16-37-24)30-31-27(35)23-18-33(22-13-5-2-6-14-22)32-25(23)19-9-3-1-4-10-19/h1-18H,(H,29,36)(H,30,34)(H,31,35). The van der Waals surface area contributed by atoms with Crippen molar-refractivity contribution in [2.75, 3.05) is 5.32 Å². The quantitative estimate of drug-likeness (QED) is 0.303. The Bertz CT molecular complexity index is 1540. The van der Waals surface area contributed by atoms with Crippen molar-refractivity contribution in [3.8, 4) is 16.9 Å². The zero-order chi connectivity index (χ0) is 25.6. The number of hydrogen-bond acceptors (Lipinski definition) is 5. The minimum atomic E-state index is -0.556. The SMILES string of the molecule is O=C(NNC(=O)c1cn(-c2ccccc2)nc1-c1ccccc1)c1cccc(NC(=O)c2ccco2)c1. The van der Waals surface area contributed by atoms with E-state index in [1.165, 1.54) is 18.4 Å². The van der Waals surface area contributed by atoms with Crippen molar-refractivity contribution in [2.24, 2.45) is 0 Å². The van der Waals surface area contributed by atoms with Crippen LogP contribution in [0.1, 0.15) is 31.3 Å². The summed E-state index contributed by atoms with van der Waals surface area (Å²) in [4.78, 5) is 38.1. The Morgan fingerprint density at radius 3 is 2.19 bits per heavy atom. The maximum absolute atomic E-state index is 13.1. The van der Waals surface area contributed by atoms with E-state index >= 15 is 0 Å². The number of para-hydroxylation sites is 1. The fourth-order valence-electron chi connectivity index (χ4n) is 3.65. The van der Waals surface area contributed by atoms with E-state index in [1.54, 1.807) is 35.1 Å². The van der Waals surface area contributed by atoms with Gasteiger partial charge in [-0.2, -0.15) is 5.10 Å². The first-order chi connectivity index (χ1) is 18.1. The largest absolute Gasteiger partial charge is 0.459 e. The second kappa shape index (κ2) is 10.4. The topological polar surface area (TPSA) is 118 Å². The van der Waals surface area contributed by atoms with Crippen LogP contribution in [0.25, 0.3) is 16.9 Å². The summed E-state index contributed by atoms with van der Waals surface area (Å²) in [7, 11) is 0.